The molecule has 0 aliphatic rings. The number of halogens is 2. The van der Waals surface area contributed by atoms with Crippen LogP contribution in [0.25, 0.3) is 0 Å². The van der Waals surface area contributed by atoms with E-state index in [2.05, 4.69) is 5.16 Å². The van der Waals surface area contributed by atoms with Crippen LogP contribution in [0.2, 0.25) is 10.0 Å². The highest BCUT2D eigenvalue weighted by Gasteiger charge is 2.11. The predicted molar refractivity (Wildman–Crippen MR) is 80.2 cm³/mol. The van der Waals surface area contributed by atoms with Gasteiger partial charge in [0.25, 0.3) is 0 Å². The maximum absolute atomic E-state index is 8.80. The van der Waals surface area contributed by atoms with E-state index in [-0.39, 0.29) is 5.84 Å². The highest BCUT2D eigenvalue weighted by atomic mass is 35.5. The number of amidine groups is 1. The SMILES string of the molecule is Cc1ccc(C(N)=NO)c(Oc2ccc(Cl)cc2Cl)c1. The molecule has 4 nitrogen and oxygen atoms in total. The van der Waals surface area contributed by atoms with Crippen molar-refractivity contribution in [3.63, 3.8) is 0 Å². The first-order chi connectivity index (χ1) is 9.51. The van der Waals surface area contributed by atoms with Gasteiger partial charge in [0.15, 0.2) is 5.84 Å². The van der Waals surface area contributed by atoms with E-state index in [1.807, 2.05) is 13.0 Å². The fourth-order valence-electron chi connectivity index (χ4n) is 1.66. The Labute approximate surface area is 126 Å². The molecule has 0 fully saturated rings. The van der Waals surface area contributed by atoms with Crippen LogP contribution in [0.4, 0.5) is 0 Å². The van der Waals surface area contributed by atoms with Crippen molar-refractivity contribution in [1.29, 1.82) is 0 Å². The molecule has 0 atom stereocenters. The number of nitrogens with two attached hydrogens (primary N) is 1. The summed E-state index contributed by atoms with van der Waals surface area (Å²) in [5.41, 5.74) is 7.07. The topological polar surface area (TPSA) is 67.8 Å². The minimum absolute atomic E-state index is 0.0370. The summed E-state index contributed by atoms with van der Waals surface area (Å²) in [5, 5.41) is 12.7. The molecule has 0 aliphatic heterocycles. The van der Waals surface area contributed by atoms with Crippen LogP contribution >= 0.6 is 23.2 Å². The Hall–Kier alpha value is -1.91. The lowest BCUT2D eigenvalue weighted by molar-refractivity contribution is 0.318. The molecule has 0 amide bonds. The molecule has 3 N–H and O–H groups in total. The van der Waals surface area contributed by atoms with Gasteiger partial charge in [0.05, 0.1) is 10.6 Å². The summed E-state index contributed by atoms with van der Waals surface area (Å²) in [7, 11) is 0. The first-order valence-corrected chi connectivity index (χ1v) is 6.48. The molecule has 6 heteroatoms. The molecular formula is C14H12Cl2N2O2. The van der Waals surface area contributed by atoms with Gasteiger partial charge in [-0.15, -0.1) is 0 Å². The lowest BCUT2D eigenvalue weighted by Crippen LogP contribution is -2.14. The number of nitrogens with zero attached hydrogens (tertiary/aromatic N) is 1. The average molecular weight is 311 g/mol. The lowest BCUT2D eigenvalue weighted by atomic mass is 10.1. The molecule has 0 spiro atoms. The average Bonchev–Trinajstić information content (AvgIpc) is 2.41. The maximum Gasteiger partial charge on any atom is 0.173 e. The van der Waals surface area contributed by atoms with Gasteiger partial charge in [-0.1, -0.05) is 34.4 Å². The quantitative estimate of drug-likeness (QED) is 0.386. The number of oxime groups is 1. The molecule has 0 bridgehead atoms. The van der Waals surface area contributed by atoms with Crippen molar-refractivity contribution in [1.82, 2.24) is 0 Å². The van der Waals surface area contributed by atoms with E-state index < -0.39 is 0 Å². The Kier molecular flexibility index (Phi) is 4.37. The third kappa shape index (κ3) is 3.15. The zero-order valence-electron chi connectivity index (χ0n) is 10.6. The van der Waals surface area contributed by atoms with Crippen LogP contribution in [0, 0.1) is 6.92 Å². The van der Waals surface area contributed by atoms with Crippen LogP contribution in [0.15, 0.2) is 41.6 Å². The van der Waals surface area contributed by atoms with E-state index >= 15 is 0 Å². The largest absolute Gasteiger partial charge is 0.455 e. The Balaban J connectivity index is 2.44. The Bertz CT molecular complexity index is 672. The van der Waals surface area contributed by atoms with E-state index in [0.29, 0.717) is 27.1 Å². The van der Waals surface area contributed by atoms with Crippen LogP contribution < -0.4 is 10.5 Å². The van der Waals surface area contributed by atoms with Gasteiger partial charge in [0.1, 0.15) is 11.5 Å². The predicted octanol–water partition coefficient (Wildman–Crippen LogP) is 4.19. The van der Waals surface area contributed by atoms with Crippen molar-refractivity contribution in [3.05, 3.63) is 57.6 Å². The van der Waals surface area contributed by atoms with Gasteiger partial charge in [-0.2, -0.15) is 0 Å². The Morgan fingerprint density at radius 3 is 2.55 bits per heavy atom. The fraction of sp³-hybridized carbons (Fsp3) is 0.0714. The minimum atomic E-state index is -0.0370. The zero-order chi connectivity index (χ0) is 14.7. The van der Waals surface area contributed by atoms with Gasteiger partial charge in [0.2, 0.25) is 0 Å². The highest BCUT2D eigenvalue weighted by molar-refractivity contribution is 6.35. The number of hydrogen-bond acceptors (Lipinski definition) is 3. The van der Waals surface area contributed by atoms with Gasteiger partial charge in [0, 0.05) is 5.02 Å². The number of hydrogen-bond donors (Lipinski definition) is 2. The van der Waals surface area contributed by atoms with Crippen LogP contribution in [0.1, 0.15) is 11.1 Å². The highest BCUT2D eigenvalue weighted by Crippen LogP contribution is 2.33. The van der Waals surface area contributed by atoms with Gasteiger partial charge in [-0.25, -0.2) is 0 Å². The van der Waals surface area contributed by atoms with E-state index in [1.165, 1.54) is 0 Å². The molecule has 0 unspecified atom stereocenters. The van der Waals surface area contributed by atoms with Crippen molar-refractivity contribution >= 4 is 29.0 Å². The summed E-state index contributed by atoms with van der Waals surface area (Å²) in [6.07, 6.45) is 0. The molecule has 0 aromatic heterocycles. The summed E-state index contributed by atoms with van der Waals surface area (Å²) in [5.74, 6) is 0.850. The summed E-state index contributed by atoms with van der Waals surface area (Å²) in [4.78, 5) is 0. The normalized spacial score (nSPS) is 11.4. The van der Waals surface area contributed by atoms with Crippen molar-refractivity contribution < 1.29 is 9.94 Å². The van der Waals surface area contributed by atoms with Crippen molar-refractivity contribution in [2.45, 2.75) is 6.92 Å². The van der Waals surface area contributed by atoms with Gasteiger partial charge in [-0.3, -0.25) is 0 Å². The Morgan fingerprint density at radius 2 is 1.90 bits per heavy atom. The summed E-state index contributed by atoms with van der Waals surface area (Å²) >= 11 is 11.9. The number of rotatable bonds is 3. The van der Waals surface area contributed by atoms with Gasteiger partial charge < -0.3 is 15.7 Å². The number of aryl methyl sites for hydroxylation is 1. The number of ether oxygens (including phenoxy) is 1. The van der Waals surface area contributed by atoms with Crippen LogP contribution in [-0.4, -0.2) is 11.0 Å². The van der Waals surface area contributed by atoms with Gasteiger partial charge >= 0.3 is 0 Å². The third-order valence-electron chi connectivity index (χ3n) is 2.63. The molecule has 2 aromatic rings. The molecule has 0 radical (unpaired) electrons. The third-order valence-corrected chi connectivity index (χ3v) is 3.17. The molecule has 2 aromatic carbocycles. The van der Waals surface area contributed by atoms with E-state index in [1.54, 1.807) is 30.3 Å². The van der Waals surface area contributed by atoms with Crippen LogP contribution in [0.5, 0.6) is 11.5 Å². The molecule has 0 saturated carbocycles. The van der Waals surface area contributed by atoms with E-state index in [9.17, 15) is 0 Å². The molecule has 20 heavy (non-hydrogen) atoms. The first kappa shape index (κ1) is 14.5. The second-order valence-electron chi connectivity index (χ2n) is 4.16. The monoisotopic (exact) mass is 310 g/mol. The summed E-state index contributed by atoms with van der Waals surface area (Å²) in [6, 6.07) is 10.2. The number of benzene rings is 2. The fourth-order valence-corrected chi connectivity index (χ4v) is 2.10. The van der Waals surface area contributed by atoms with Crippen molar-refractivity contribution in [2.24, 2.45) is 10.9 Å². The zero-order valence-corrected chi connectivity index (χ0v) is 12.1. The standard InChI is InChI=1S/C14H12Cl2N2O2/c1-8-2-4-10(14(17)18-19)13(6-8)20-12-5-3-9(15)7-11(12)16/h2-7,19H,1H3,(H2,17,18). The second-order valence-corrected chi connectivity index (χ2v) is 5.01. The van der Waals surface area contributed by atoms with Crippen LogP contribution in [-0.2, 0) is 0 Å². The summed E-state index contributed by atoms with van der Waals surface area (Å²) < 4.78 is 5.74. The van der Waals surface area contributed by atoms with E-state index in [0.717, 1.165) is 5.56 Å². The molecular weight excluding hydrogens is 299 g/mol. The molecule has 0 saturated heterocycles. The van der Waals surface area contributed by atoms with Crippen molar-refractivity contribution in [2.75, 3.05) is 0 Å². The smallest absolute Gasteiger partial charge is 0.173 e. The van der Waals surface area contributed by atoms with Crippen molar-refractivity contribution in [3.8, 4) is 11.5 Å². The molecule has 2 rings (SSSR count). The second kappa shape index (κ2) is 6.03. The van der Waals surface area contributed by atoms with Gasteiger partial charge in [-0.05, 0) is 42.8 Å². The first-order valence-electron chi connectivity index (χ1n) is 5.72. The minimum Gasteiger partial charge on any atom is -0.455 e. The van der Waals surface area contributed by atoms with Crippen LogP contribution in [0.3, 0.4) is 0 Å². The van der Waals surface area contributed by atoms with E-state index in [4.69, 9.17) is 38.9 Å². The maximum atomic E-state index is 8.80. The molecule has 0 heterocycles. The summed E-state index contributed by atoms with van der Waals surface area (Å²) in [6.45, 7) is 1.91. The molecule has 0 aliphatic carbocycles. The lowest BCUT2D eigenvalue weighted by Gasteiger charge is -2.12. The molecule has 104 valence electrons. The Morgan fingerprint density at radius 1 is 1.15 bits per heavy atom.